The van der Waals surface area contributed by atoms with Crippen molar-refractivity contribution in [3.63, 3.8) is 0 Å². The largest absolute Gasteiger partial charge is 0.435 e. The molecule has 0 saturated heterocycles. The second kappa shape index (κ2) is 7.05. The number of hydrogen-bond acceptors (Lipinski definition) is 3. The van der Waals surface area contributed by atoms with Crippen molar-refractivity contribution < 1.29 is 13.5 Å². The molecule has 29 heavy (non-hydrogen) atoms. The Balaban J connectivity index is 1.63. The monoisotopic (exact) mass is 389 g/mol. The Hall–Kier alpha value is -3.67. The number of fused-ring (bicyclic) bond motifs is 3. The highest BCUT2D eigenvalue weighted by molar-refractivity contribution is 5.85. The minimum absolute atomic E-state index is 0.139. The molecule has 0 aliphatic carbocycles. The summed E-state index contributed by atoms with van der Waals surface area (Å²) in [4.78, 5) is 4.75. The topological polar surface area (TPSA) is 39.1 Å². The third kappa shape index (κ3) is 3.23. The minimum atomic E-state index is -2.84. The molecular weight excluding hydrogens is 372 g/mol. The lowest BCUT2D eigenvalue weighted by atomic mass is 10.0. The molecule has 0 radical (unpaired) electrons. The summed E-state index contributed by atoms with van der Waals surface area (Å²) in [5, 5.41) is 3.43. The molecule has 0 saturated carbocycles. The van der Waals surface area contributed by atoms with Gasteiger partial charge in [0.2, 0.25) is 5.95 Å². The number of hydrogen-bond donors (Lipinski definition) is 1. The number of imidazole rings is 1. The van der Waals surface area contributed by atoms with Crippen LogP contribution in [0.1, 0.15) is 17.2 Å². The Kier molecular flexibility index (Phi) is 4.24. The van der Waals surface area contributed by atoms with Gasteiger partial charge in [-0.3, -0.25) is 4.57 Å². The van der Waals surface area contributed by atoms with E-state index in [4.69, 9.17) is 4.98 Å². The summed E-state index contributed by atoms with van der Waals surface area (Å²) in [6.07, 6.45) is 2.12. The molecule has 144 valence electrons. The fraction of sp³-hybridized carbons (Fsp3) is 0.0870. The Labute approximate surface area is 166 Å². The van der Waals surface area contributed by atoms with Gasteiger partial charge in [0.25, 0.3) is 0 Å². The van der Waals surface area contributed by atoms with Crippen molar-refractivity contribution in [1.29, 1.82) is 0 Å². The highest BCUT2D eigenvalue weighted by Crippen LogP contribution is 2.37. The maximum Gasteiger partial charge on any atom is 0.387 e. The number of halogens is 2. The van der Waals surface area contributed by atoms with E-state index in [0.717, 1.165) is 33.8 Å². The van der Waals surface area contributed by atoms with E-state index in [1.54, 1.807) is 12.1 Å². The molecule has 2 heterocycles. The Morgan fingerprint density at radius 1 is 0.897 bits per heavy atom. The molecule has 0 unspecified atom stereocenters. The first-order valence-electron chi connectivity index (χ1n) is 9.25. The number of alkyl halides is 2. The van der Waals surface area contributed by atoms with Crippen LogP contribution in [0.15, 0.2) is 84.9 Å². The number of nitrogens with zero attached hydrogens (tertiary/aromatic N) is 2. The summed E-state index contributed by atoms with van der Waals surface area (Å²) in [6.45, 7) is -2.84. The van der Waals surface area contributed by atoms with Crippen LogP contribution in [-0.4, -0.2) is 16.2 Å². The van der Waals surface area contributed by atoms with Crippen molar-refractivity contribution in [2.75, 3.05) is 5.32 Å². The smallest absolute Gasteiger partial charge is 0.387 e. The van der Waals surface area contributed by atoms with Crippen LogP contribution in [0.3, 0.4) is 0 Å². The van der Waals surface area contributed by atoms with Gasteiger partial charge in [0, 0.05) is 5.70 Å². The molecule has 5 rings (SSSR count). The van der Waals surface area contributed by atoms with Crippen LogP contribution < -0.4 is 10.1 Å². The zero-order chi connectivity index (χ0) is 19.8. The highest BCUT2D eigenvalue weighted by Gasteiger charge is 2.25. The van der Waals surface area contributed by atoms with Gasteiger partial charge in [0.1, 0.15) is 5.75 Å². The van der Waals surface area contributed by atoms with Gasteiger partial charge in [-0.05, 0) is 41.5 Å². The first-order chi connectivity index (χ1) is 14.2. The van der Waals surface area contributed by atoms with Crippen LogP contribution in [-0.2, 0) is 0 Å². The van der Waals surface area contributed by atoms with Crippen molar-refractivity contribution in [3.05, 3.63) is 96.1 Å². The Morgan fingerprint density at radius 3 is 2.38 bits per heavy atom. The molecule has 1 aromatic heterocycles. The van der Waals surface area contributed by atoms with Gasteiger partial charge >= 0.3 is 6.61 Å². The molecule has 1 aliphatic rings. The quantitative estimate of drug-likeness (QED) is 0.487. The molecule has 3 aromatic carbocycles. The predicted octanol–water partition coefficient (Wildman–Crippen LogP) is 5.69. The maximum atomic E-state index is 12.5. The normalized spacial score (nSPS) is 15.7. The standard InChI is InChI=1S/C23H17F2N3O/c24-22(25)29-17-12-10-16(11-13-17)21-14-19(15-6-2-1-3-7-15)27-23-26-18-8-4-5-9-20(18)28(21)23/h1-14,21-22H,(H,26,27)/t21-/m1/s1. The number of ether oxygens (including phenoxy) is 1. The maximum absolute atomic E-state index is 12.5. The fourth-order valence-corrected chi connectivity index (χ4v) is 3.69. The molecule has 0 spiro atoms. The van der Waals surface area contributed by atoms with Crippen LogP contribution in [0.25, 0.3) is 16.7 Å². The summed E-state index contributed by atoms with van der Waals surface area (Å²) in [6, 6.07) is 24.6. The molecule has 1 N–H and O–H groups in total. The lowest BCUT2D eigenvalue weighted by molar-refractivity contribution is -0.0498. The molecule has 4 aromatic rings. The summed E-state index contributed by atoms with van der Waals surface area (Å²) in [5.74, 6) is 0.881. The number of benzene rings is 3. The van der Waals surface area contributed by atoms with E-state index in [0.29, 0.717) is 0 Å². The van der Waals surface area contributed by atoms with Crippen molar-refractivity contribution >= 4 is 22.7 Å². The van der Waals surface area contributed by atoms with Gasteiger partial charge < -0.3 is 10.1 Å². The lowest BCUT2D eigenvalue weighted by Gasteiger charge is -2.26. The van der Waals surface area contributed by atoms with Crippen molar-refractivity contribution in [2.45, 2.75) is 12.7 Å². The zero-order valence-corrected chi connectivity index (χ0v) is 15.3. The van der Waals surface area contributed by atoms with Crippen molar-refractivity contribution in [2.24, 2.45) is 0 Å². The van der Waals surface area contributed by atoms with E-state index >= 15 is 0 Å². The summed E-state index contributed by atoms with van der Waals surface area (Å²) in [5.41, 5.74) is 4.84. The summed E-state index contributed by atoms with van der Waals surface area (Å²) >= 11 is 0. The van der Waals surface area contributed by atoms with Crippen molar-refractivity contribution in [1.82, 2.24) is 9.55 Å². The first kappa shape index (κ1) is 17.4. The van der Waals surface area contributed by atoms with Crippen LogP contribution in [0, 0.1) is 0 Å². The molecule has 1 aliphatic heterocycles. The summed E-state index contributed by atoms with van der Waals surface area (Å²) in [7, 11) is 0. The second-order valence-corrected chi connectivity index (χ2v) is 6.76. The Bertz CT molecular complexity index is 1180. The third-order valence-electron chi connectivity index (χ3n) is 4.98. The van der Waals surface area contributed by atoms with Gasteiger partial charge in [-0.2, -0.15) is 8.78 Å². The van der Waals surface area contributed by atoms with E-state index in [2.05, 4.69) is 20.7 Å². The van der Waals surface area contributed by atoms with Gasteiger partial charge in [-0.1, -0.05) is 54.6 Å². The third-order valence-corrected chi connectivity index (χ3v) is 4.98. The SMILES string of the molecule is FC(F)Oc1ccc([C@H]2C=C(c3ccccc3)Nc3nc4ccccc4n32)cc1. The minimum Gasteiger partial charge on any atom is -0.435 e. The van der Waals surface area contributed by atoms with E-state index in [-0.39, 0.29) is 11.8 Å². The number of rotatable bonds is 4. The Morgan fingerprint density at radius 2 is 1.62 bits per heavy atom. The molecule has 0 amide bonds. The van der Waals surface area contributed by atoms with E-state index in [1.807, 2.05) is 66.7 Å². The van der Waals surface area contributed by atoms with E-state index < -0.39 is 6.61 Å². The number of aromatic nitrogens is 2. The molecule has 0 fully saturated rings. The number of para-hydroxylation sites is 2. The van der Waals surface area contributed by atoms with Gasteiger partial charge in [-0.15, -0.1) is 0 Å². The molecule has 6 heteroatoms. The van der Waals surface area contributed by atoms with Crippen LogP contribution in [0.4, 0.5) is 14.7 Å². The number of nitrogens with one attached hydrogen (secondary N) is 1. The molecule has 4 nitrogen and oxygen atoms in total. The molecule has 1 atom stereocenters. The zero-order valence-electron chi connectivity index (χ0n) is 15.3. The number of allylic oxidation sites excluding steroid dienone is 1. The van der Waals surface area contributed by atoms with E-state index in [9.17, 15) is 8.78 Å². The molecule has 0 bridgehead atoms. The van der Waals surface area contributed by atoms with Gasteiger partial charge in [-0.25, -0.2) is 4.98 Å². The van der Waals surface area contributed by atoms with Crippen LogP contribution in [0.2, 0.25) is 0 Å². The van der Waals surface area contributed by atoms with Gasteiger partial charge in [0.05, 0.1) is 17.1 Å². The fourth-order valence-electron chi connectivity index (χ4n) is 3.69. The van der Waals surface area contributed by atoms with Crippen LogP contribution >= 0.6 is 0 Å². The molecular formula is C23H17F2N3O. The average Bonchev–Trinajstić information content (AvgIpc) is 3.12. The summed E-state index contributed by atoms with van der Waals surface area (Å²) < 4.78 is 31.6. The predicted molar refractivity (Wildman–Crippen MR) is 109 cm³/mol. The highest BCUT2D eigenvalue weighted by atomic mass is 19.3. The lowest BCUT2D eigenvalue weighted by Crippen LogP contribution is -2.19. The first-order valence-corrected chi connectivity index (χ1v) is 9.25. The van der Waals surface area contributed by atoms with E-state index in [1.165, 1.54) is 0 Å². The van der Waals surface area contributed by atoms with Gasteiger partial charge in [0.15, 0.2) is 0 Å². The van der Waals surface area contributed by atoms with Crippen LogP contribution in [0.5, 0.6) is 5.75 Å². The second-order valence-electron chi connectivity index (χ2n) is 6.76. The number of anilines is 1. The van der Waals surface area contributed by atoms with Crippen molar-refractivity contribution in [3.8, 4) is 5.75 Å². The average molecular weight is 389 g/mol.